The maximum absolute atomic E-state index is 6.40. The van der Waals surface area contributed by atoms with E-state index in [4.69, 9.17) is 10.5 Å². The lowest BCUT2D eigenvalue weighted by Crippen LogP contribution is -2.44. The maximum atomic E-state index is 6.40. The molecule has 1 saturated carbocycles. The number of nitrogens with zero attached hydrogens (tertiary/aromatic N) is 1. The van der Waals surface area contributed by atoms with Crippen LogP contribution in [0.25, 0.3) is 10.8 Å². The average Bonchev–Trinajstić information content (AvgIpc) is 2.49. The maximum Gasteiger partial charge on any atom is 0.127 e. The molecule has 0 amide bonds. The monoisotopic (exact) mass is 284 g/mol. The molecule has 3 rings (SSSR count). The molecule has 112 valence electrons. The zero-order valence-corrected chi connectivity index (χ0v) is 12.9. The van der Waals surface area contributed by atoms with E-state index >= 15 is 0 Å². The number of likely N-dealkylation sites (N-methyl/N-ethyl adjacent to an activating group) is 1. The summed E-state index contributed by atoms with van der Waals surface area (Å²) in [5.41, 5.74) is 6.88. The van der Waals surface area contributed by atoms with Gasteiger partial charge in [-0.05, 0) is 45.5 Å². The third-order valence-corrected chi connectivity index (χ3v) is 4.53. The van der Waals surface area contributed by atoms with Gasteiger partial charge in [0.2, 0.25) is 0 Å². The van der Waals surface area contributed by atoms with Crippen LogP contribution in [0.5, 0.6) is 5.75 Å². The van der Waals surface area contributed by atoms with Gasteiger partial charge in [-0.2, -0.15) is 0 Å². The van der Waals surface area contributed by atoms with Gasteiger partial charge in [-0.3, -0.25) is 0 Å². The van der Waals surface area contributed by atoms with Crippen LogP contribution in [0.2, 0.25) is 0 Å². The fraction of sp³-hybridized carbons (Fsp3) is 0.444. The molecule has 2 atom stereocenters. The fourth-order valence-electron chi connectivity index (χ4n) is 3.38. The molecule has 2 aromatic rings. The first kappa shape index (κ1) is 14.2. The normalized spacial score (nSPS) is 22.6. The second kappa shape index (κ2) is 5.94. The van der Waals surface area contributed by atoms with Crippen molar-refractivity contribution in [3.63, 3.8) is 0 Å². The molecule has 1 aliphatic rings. The van der Waals surface area contributed by atoms with Crippen LogP contribution < -0.4 is 10.5 Å². The number of ether oxygens (including phenoxy) is 1. The predicted octanol–water partition coefficient (Wildman–Crippen LogP) is 3.67. The van der Waals surface area contributed by atoms with E-state index in [0.29, 0.717) is 6.04 Å². The Morgan fingerprint density at radius 1 is 1.00 bits per heavy atom. The molecule has 2 aromatic carbocycles. The average molecular weight is 284 g/mol. The summed E-state index contributed by atoms with van der Waals surface area (Å²) in [4.78, 5) is 2.29. The third kappa shape index (κ3) is 2.84. The summed E-state index contributed by atoms with van der Waals surface area (Å²) >= 11 is 0. The van der Waals surface area contributed by atoms with Crippen molar-refractivity contribution in [3.05, 3.63) is 36.4 Å². The molecule has 2 unspecified atom stereocenters. The van der Waals surface area contributed by atoms with Crippen LogP contribution in [0.15, 0.2) is 36.4 Å². The first-order valence-corrected chi connectivity index (χ1v) is 7.77. The molecule has 1 fully saturated rings. The van der Waals surface area contributed by atoms with Crippen molar-refractivity contribution >= 4 is 16.5 Å². The minimum absolute atomic E-state index is 0.265. The predicted molar refractivity (Wildman–Crippen MR) is 88.7 cm³/mol. The van der Waals surface area contributed by atoms with E-state index in [9.17, 15) is 0 Å². The molecule has 3 heteroatoms. The number of benzene rings is 2. The minimum atomic E-state index is 0.265. The van der Waals surface area contributed by atoms with E-state index in [2.05, 4.69) is 37.2 Å². The first-order chi connectivity index (χ1) is 10.2. The summed E-state index contributed by atoms with van der Waals surface area (Å²) in [5.74, 6) is 0.957. The van der Waals surface area contributed by atoms with E-state index in [1.54, 1.807) is 0 Å². The largest absolute Gasteiger partial charge is 0.488 e. The highest BCUT2D eigenvalue weighted by atomic mass is 16.5. The zero-order chi connectivity index (χ0) is 14.8. The Balaban J connectivity index is 1.92. The Bertz CT molecular complexity index is 624. The van der Waals surface area contributed by atoms with Crippen LogP contribution in [0, 0.1) is 0 Å². The summed E-state index contributed by atoms with van der Waals surface area (Å²) < 4.78 is 6.40. The Hall–Kier alpha value is -1.74. The molecule has 0 aliphatic heterocycles. The smallest absolute Gasteiger partial charge is 0.127 e. The number of anilines is 1. The molecule has 21 heavy (non-hydrogen) atoms. The number of nitrogen functional groups attached to an aromatic ring is 1. The SMILES string of the molecule is CN(C)C1CCCCC1Oc1cccc2c(N)cccc12. The van der Waals surface area contributed by atoms with Gasteiger partial charge in [0.05, 0.1) is 0 Å². The lowest BCUT2D eigenvalue weighted by molar-refractivity contribution is 0.0634. The van der Waals surface area contributed by atoms with Crippen molar-refractivity contribution in [2.45, 2.75) is 37.8 Å². The zero-order valence-electron chi connectivity index (χ0n) is 12.9. The van der Waals surface area contributed by atoms with Crippen molar-refractivity contribution in [3.8, 4) is 5.75 Å². The van der Waals surface area contributed by atoms with Crippen LogP contribution in [0.3, 0.4) is 0 Å². The molecule has 0 aromatic heterocycles. The molecule has 0 heterocycles. The second-order valence-corrected chi connectivity index (χ2v) is 6.17. The van der Waals surface area contributed by atoms with Gasteiger partial charge < -0.3 is 15.4 Å². The molecule has 2 N–H and O–H groups in total. The minimum Gasteiger partial charge on any atom is -0.488 e. The van der Waals surface area contributed by atoms with Crippen LogP contribution >= 0.6 is 0 Å². The summed E-state index contributed by atoms with van der Waals surface area (Å²) in [5, 5.41) is 2.19. The van der Waals surface area contributed by atoms with Gasteiger partial charge >= 0.3 is 0 Å². The Kier molecular flexibility index (Phi) is 4.02. The first-order valence-electron chi connectivity index (χ1n) is 7.77. The van der Waals surface area contributed by atoms with Crippen LogP contribution in [-0.4, -0.2) is 31.1 Å². The van der Waals surface area contributed by atoms with Crippen LogP contribution in [-0.2, 0) is 0 Å². The third-order valence-electron chi connectivity index (χ3n) is 4.53. The van der Waals surface area contributed by atoms with Crippen molar-refractivity contribution in [2.24, 2.45) is 0 Å². The molecule has 0 radical (unpaired) electrons. The molecule has 0 bridgehead atoms. The topological polar surface area (TPSA) is 38.5 Å². The van der Waals surface area contributed by atoms with Gasteiger partial charge in [0.1, 0.15) is 11.9 Å². The van der Waals surface area contributed by atoms with E-state index in [0.717, 1.165) is 28.6 Å². The van der Waals surface area contributed by atoms with Gasteiger partial charge in [-0.1, -0.05) is 30.7 Å². The van der Waals surface area contributed by atoms with E-state index in [1.165, 1.54) is 19.3 Å². The number of rotatable bonds is 3. The number of nitrogens with two attached hydrogens (primary N) is 1. The number of hydrogen-bond donors (Lipinski definition) is 1. The Morgan fingerprint density at radius 2 is 1.71 bits per heavy atom. The molecule has 0 saturated heterocycles. The summed E-state index contributed by atoms with van der Waals surface area (Å²) in [6, 6.07) is 12.7. The highest BCUT2D eigenvalue weighted by molar-refractivity contribution is 5.96. The molecule has 0 spiro atoms. The fourth-order valence-corrected chi connectivity index (χ4v) is 3.38. The molecular weight excluding hydrogens is 260 g/mol. The molecule has 1 aliphatic carbocycles. The van der Waals surface area contributed by atoms with E-state index in [-0.39, 0.29) is 6.10 Å². The standard InChI is InChI=1S/C18H24N2O/c1-20(2)16-10-3-4-11-18(16)21-17-12-6-7-13-14(17)8-5-9-15(13)19/h5-9,12,16,18H,3-4,10-11,19H2,1-2H3. The van der Waals surface area contributed by atoms with Gasteiger partial charge in [0.15, 0.2) is 0 Å². The van der Waals surface area contributed by atoms with Gasteiger partial charge in [-0.15, -0.1) is 0 Å². The van der Waals surface area contributed by atoms with Gasteiger partial charge in [-0.25, -0.2) is 0 Å². The van der Waals surface area contributed by atoms with Crippen molar-refractivity contribution in [1.29, 1.82) is 0 Å². The molecule has 3 nitrogen and oxygen atoms in total. The lowest BCUT2D eigenvalue weighted by atomic mass is 9.91. The lowest BCUT2D eigenvalue weighted by Gasteiger charge is -2.36. The van der Waals surface area contributed by atoms with Gasteiger partial charge in [0, 0.05) is 22.5 Å². The van der Waals surface area contributed by atoms with E-state index in [1.807, 2.05) is 18.2 Å². The quantitative estimate of drug-likeness (QED) is 0.874. The van der Waals surface area contributed by atoms with Crippen LogP contribution in [0.1, 0.15) is 25.7 Å². The summed E-state index contributed by atoms with van der Waals surface area (Å²) in [6.45, 7) is 0. The highest BCUT2D eigenvalue weighted by Gasteiger charge is 2.28. The van der Waals surface area contributed by atoms with Crippen molar-refractivity contribution in [1.82, 2.24) is 4.90 Å². The Morgan fingerprint density at radius 3 is 2.52 bits per heavy atom. The summed E-state index contributed by atoms with van der Waals surface area (Å²) in [7, 11) is 4.29. The highest BCUT2D eigenvalue weighted by Crippen LogP contribution is 2.32. The second-order valence-electron chi connectivity index (χ2n) is 6.17. The van der Waals surface area contributed by atoms with Crippen molar-refractivity contribution in [2.75, 3.05) is 19.8 Å². The van der Waals surface area contributed by atoms with E-state index < -0.39 is 0 Å². The van der Waals surface area contributed by atoms with Crippen molar-refractivity contribution < 1.29 is 4.74 Å². The molecular formula is C18H24N2O. The van der Waals surface area contributed by atoms with Gasteiger partial charge in [0.25, 0.3) is 0 Å². The van der Waals surface area contributed by atoms with Crippen LogP contribution in [0.4, 0.5) is 5.69 Å². The Labute approximate surface area is 126 Å². The number of hydrogen-bond acceptors (Lipinski definition) is 3. The summed E-state index contributed by atoms with van der Waals surface area (Å²) in [6.07, 6.45) is 5.15. The number of fused-ring (bicyclic) bond motifs is 1.